The molecule has 0 radical (unpaired) electrons. The SMILES string of the molecule is CN1C(=O)C(=C2C=C(/C=C/c3ccc(N4N=C(c5ccccc5)CC4c4ccccc4)cc3)CC(C)(C)C2)C(=O)N(C)C1=O. The molecular weight excluding hydrogens is 548 g/mol. The van der Waals surface area contributed by atoms with Crippen LogP contribution in [-0.4, -0.2) is 47.5 Å². The van der Waals surface area contributed by atoms with Crippen LogP contribution in [0.2, 0.25) is 0 Å². The molecule has 0 saturated carbocycles. The molecule has 7 heteroatoms. The summed E-state index contributed by atoms with van der Waals surface area (Å²) in [4.78, 5) is 40.2. The van der Waals surface area contributed by atoms with Gasteiger partial charge >= 0.3 is 6.03 Å². The Kier molecular flexibility index (Phi) is 7.64. The van der Waals surface area contributed by atoms with E-state index in [1.165, 1.54) is 19.7 Å². The van der Waals surface area contributed by atoms with E-state index in [4.69, 9.17) is 5.10 Å². The van der Waals surface area contributed by atoms with Gasteiger partial charge in [-0.2, -0.15) is 5.10 Å². The van der Waals surface area contributed by atoms with Crippen molar-refractivity contribution in [2.45, 2.75) is 39.2 Å². The van der Waals surface area contributed by atoms with Gasteiger partial charge in [0.2, 0.25) is 0 Å². The number of likely N-dealkylation sites (N-methyl/N-ethyl adjacent to an activating group) is 2. The number of amides is 4. The van der Waals surface area contributed by atoms with Crippen LogP contribution in [0.25, 0.3) is 6.08 Å². The molecule has 1 aliphatic carbocycles. The first-order valence-electron chi connectivity index (χ1n) is 14.9. The second kappa shape index (κ2) is 11.6. The second-order valence-corrected chi connectivity index (χ2v) is 12.5. The summed E-state index contributed by atoms with van der Waals surface area (Å²) < 4.78 is 0. The van der Waals surface area contributed by atoms with Gasteiger partial charge in [0, 0.05) is 20.5 Å². The number of imide groups is 2. The first kappa shape index (κ1) is 29.1. The molecule has 4 amide bonds. The maximum absolute atomic E-state index is 13.0. The van der Waals surface area contributed by atoms with Gasteiger partial charge in [-0.25, -0.2) is 4.79 Å². The maximum atomic E-state index is 13.0. The van der Waals surface area contributed by atoms with Gasteiger partial charge in [0.1, 0.15) is 5.57 Å². The zero-order valence-electron chi connectivity index (χ0n) is 25.5. The van der Waals surface area contributed by atoms with Gasteiger partial charge in [0.05, 0.1) is 17.4 Å². The lowest BCUT2D eigenvalue weighted by atomic mass is 9.73. The van der Waals surface area contributed by atoms with Crippen LogP contribution in [-0.2, 0) is 9.59 Å². The van der Waals surface area contributed by atoms with Crippen molar-refractivity contribution in [3.8, 4) is 0 Å². The summed E-state index contributed by atoms with van der Waals surface area (Å²) in [5.41, 5.74) is 7.09. The van der Waals surface area contributed by atoms with Crippen LogP contribution in [0.5, 0.6) is 0 Å². The molecule has 0 aromatic heterocycles. The molecule has 3 aliphatic rings. The van der Waals surface area contributed by atoms with Gasteiger partial charge in [0.15, 0.2) is 0 Å². The lowest BCUT2D eigenvalue weighted by Crippen LogP contribution is -2.53. The van der Waals surface area contributed by atoms with Crippen molar-refractivity contribution in [1.82, 2.24) is 9.80 Å². The molecule has 6 rings (SSSR count). The number of nitrogens with zero attached hydrogens (tertiary/aromatic N) is 4. The molecule has 7 nitrogen and oxygen atoms in total. The zero-order chi connectivity index (χ0) is 31.0. The van der Waals surface area contributed by atoms with E-state index in [2.05, 4.69) is 91.7 Å². The molecule has 0 N–H and O–H groups in total. The Morgan fingerprint density at radius 3 is 2.02 bits per heavy atom. The van der Waals surface area contributed by atoms with E-state index >= 15 is 0 Å². The van der Waals surface area contributed by atoms with Crippen molar-refractivity contribution in [3.63, 3.8) is 0 Å². The number of barbiturate groups is 1. The smallest absolute Gasteiger partial charge is 0.268 e. The second-order valence-electron chi connectivity index (χ2n) is 12.5. The van der Waals surface area contributed by atoms with Crippen molar-refractivity contribution in [2.24, 2.45) is 10.5 Å². The number of anilines is 1. The summed E-state index contributed by atoms with van der Waals surface area (Å²) in [5, 5.41) is 7.18. The molecular formula is C37H36N4O3. The van der Waals surface area contributed by atoms with E-state index < -0.39 is 17.8 Å². The van der Waals surface area contributed by atoms with E-state index in [1.54, 1.807) is 0 Å². The Balaban J connectivity index is 1.27. The van der Waals surface area contributed by atoms with Gasteiger partial charge in [-0.1, -0.05) is 105 Å². The molecule has 1 unspecified atom stereocenters. The lowest BCUT2D eigenvalue weighted by Gasteiger charge is -2.34. The first-order chi connectivity index (χ1) is 21.1. The number of carbonyl (C=O) groups is 3. The first-order valence-corrected chi connectivity index (χ1v) is 14.9. The number of allylic oxidation sites excluding steroid dienone is 4. The molecule has 1 fully saturated rings. The molecule has 1 atom stereocenters. The van der Waals surface area contributed by atoms with Crippen LogP contribution >= 0.6 is 0 Å². The normalized spacial score (nSPS) is 20.5. The molecule has 0 spiro atoms. The number of rotatable bonds is 5. The molecule has 3 aromatic carbocycles. The third-order valence-electron chi connectivity index (χ3n) is 8.49. The van der Waals surface area contributed by atoms with Crippen LogP contribution in [0.3, 0.4) is 0 Å². The van der Waals surface area contributed by atoms with Gasteiger partial charge in [-0.3, -0.25) is 24.4 Å². The summed E-state index contributed by atoms with van der Waals surface area (Å²) in [6, 6.07) is 28.7. The number of benzene rings is 3. The molecule has 44 heavy (non-hydrogen) atoms. The average molecular weight is 585 g/mol. The fourth-order valence-electron chi connectivity index (χ4n) is 6.25. The number of carbonyl (C=O) groups excluding carboxylic acids is 3. The van der Waals surface area contributed by atoms with Crippen molar-refractivity contribution in [3.05, 3.63) is 130 Å². The Morgan fingerprint density at radius 2 is 1.39 bits per heavy atom. The highest BCUT2D eigenvalue weighted by Crippen LogP contribution is 2.41. The Bertz CT molecular complexity index is 1710. The molecule has 3 aromatic rings. The van der Waals surface area contributed by atoms with Crippen LogP contribution < -0.4 is 5.01 Å². The molecule has 1 saturated heterocycles. The number of hydrazone groups is 1. The zero-order valence-corrected chi connectivity index (χ0v) is 25.5. The van der Waals surface area contributed by atoms with Crippen LogP contribution in [0.15, 0.2) is 119 Å². The van der Waals surface area contributed by atoms with E-state index in [1.807, 2.05) is 30.3 Å². The van der Waals surface area contributed by atoms with Gasteiger partial charge in [-0.05, 0) is 58.2 Å². The number of hydrogen-bond donors (Lipinski definition) is 0. The number of urea groups is 1. The standard InChI is InChI=1S/C37H36N4O3/c1-37(2)23-26(21-29(24-37)33-34(42)39(3)36(44)40(4)35(33)43)16-15-25-17-19-30(20-18-25)41-32(28-13-9-6-10-14-28)22-31(38-41)27-11-7-5-8-12-27/h5-21,32H,22-24H2,1-4H3/b16-15+. The highest BCUT2D eigenvalue weighted by atomic mass is 16.2. The van der Waals surface area contributed by atoms with Crippen molar-refractivity contribution >= 4 is 35.3 Å². The summed E-state index contributed by atoms with van der Waals surface area (Å²) >= 11 is 0. The highest BCUT2D eigenvalue weighted by Gasteiger charge is 2.41. The highest BCUT2D eigenvalue weighted by molar-refractivity contribution is 6.29. The molecule has 2 heterocycles. The van der Waals surface area contributed by atoms with Crippen molar-refractivity contribution in [2.75, 3.05) is 19.1 Å². The maximum Gasteiger partial charge on any atom is 0.333 e. The summed E-state index contributed by atoms with van der Waals surface area (Å²) in [6.07, 6.45) is 8.25. The van der Waals surface area contributed by atoms with Gasteiger partial charge in [0.25, 0.3) is 11.8 Å². The summed E-state index contributed by atoms with van der Waals surface area (Å²) in [6.45, 7) is 4.26. The Hall–Kier alpha value is -5.04. The topological polar surface area (TPSA) is 73.3 Å². The summed E-state index contributed by atoms with van der Waals surface area (Å²) in [5.74, 6) is -1.09. The third kappa shape index (κ3) is 5.65. The quantitative estimate of drug-likeness (QED) is 0.236. The van der Waals surface area contributed by atoms with Crippen molar-refractivity contribution < 1.29 is 14.4 Å². The average Bonchev–Trinajstić information content (AvgIpc) is 3.48. The van der Waals surface area contributed by atoms with E-state index in [0.29, 0.717) is 12.0 Å². The summed E-state index contributed by atoms with van der Waals surface area (Å²) in [7, 11) is 2.82. The van der Waals surface area contributed by atoms with Crippen molar-refractivity contribution in [1.29, 1.82) is 0 Å². The van der Waals surface area contributed by atoms with E-state index in [0.717, 1.165) is 50.7 Å². The minimum atomic E-state index is -0.613. The predicted octanol–water partition coefficient (Wildman–Crippen LogP) is 7.15. The Labute approximate surface area is 258 Å². The predicted molar refractivity (Wildman–Crippen MR) is 174 cm³/mol. The Morgan fingerprint density at radius 1 is 0.773 bits per heavy atom. The number of hydrogen-bond acceptors (Lipinski definition) is 5. The molecule has 2 aliphatic heterocycles. The lowest BCUT2D eigenvalue weighted by molar-refractivity contribution is -0.134. The molecule has 0 bridgehead atoms. The minimum absolute atomic E-state index is 0.0756. The fourth-order valence-corrected chi connectivity index (χ4v) is 6.25. The van der Waals surface area contributed by atoms with Crippen LogP contribution in [0.1, 0.15) is 55.8 Å². The van der Waals surface area contributed by atoms with Gasteiger partial charge < -0.3 is 0 Å². The minimum Gasteiger partial charge on any atom is -0.268 e. The third-order valence-corrected chi connectivity index (χ3v) is 8.49. The molecule has 222 valence electrons. The largest absolute Gasteiger partial charge is 0.333 e. The van der Waals surface area contributed by atoms with E-state index in [9.17, 15) is 14.4 Å². The van der Waals surface area contributed by atoms with Crippen LogP contribution in [0, 0.1) is 5.41 Å². The fraction of sp³-hybridized carbons (Fsp3) is 0.243. The van der Waals surface area contributed by atoms with E-state index in [-0.39, 0.29) is 17.0 Å². The monoisotopic (exact) mass is 584 g/mol. The van der Waals surface area contributed by atoms with Gasteiger partial charge in [-0.15, -0.1) is 0 Å². The van der Waals surface area contributed by atoms with Crippen LogP contribution in [0.4, 0.5) is 10.5 Å².